The number of carbonyl (C=O) groups excluding carboxylic acids is 1. The highest BCUT2D eigenvalue weighted by Crippen LogP contribution is 2.30. The summed E-state index contributed by atoms with van der Waals surface area (Å²) < 4.78 is 5.16. The van der Waals surface area contributed by atoms with E-state index in [0.29, 0.717) is 6.61 Å². The molecular formula is C14H20N2O2. The number of hydrogen-bond donors (Lipinski definition) is 1. The minimum atomic E-state index is -0.187. The molecule has 1 aromatic carbocycles. The molecule has 0 amide bonds. The van der Waals surface area contributed by atoms with Crippen LogP contribution in [0.4, 0.5) is 11.4 Å². The molecule has 2 rings (SSSR count). The Morgan fingerprint density at radius 2 is 2.22 bits per heavy atom. The lowest BCUT2D eigenvalue weighted by molar-refractivity contribution is -0.144. The summed E-state index contributed by atoms with van der Waals surface area (Å²) in [7, 11) is 0. The van der Waals surface area contributed by atoms with Crippen molar-refractivity contribution >= 4 is 17.3 Å². The number of esters is 1. The largest absolute Gasteiger partial charge is 0.464 e. The summed E-state index contributed by atoms with van der Waals surface area (Å²) >= 11 is 0. The Kier molecular flexibility index (Phi) is 4.07. The van der Waals surface area contributed by atoms with Gasteiger partial charge in [-0.2, -0.15) is 0 Å². The van der Waals surface area contributed by atoms with Crippen molar-refractivity contribution in [3.8, 4) is 0 Å². The second kappa shape index (κ2) is 5.76. The number of hydrogen-bond acceptors (Lipinski definition) is 4. The van der Waals surface area contributed by atoms with Crippen LogP contribution in [0.5, 0.6) is 0 Å². The van der Waals surface area contributed by atoms with Gasteiger partial charge < -0.3 is 15.0 Å². The Balaban J connectivity index is 2.25. The van der Waals surface area contributed by atoms with Crippen molar-refractivity contribution in [2.45, 2.75) is 26.3 Å². The first-order valence-electron chi connectivity index (χ1n) is 6.54. The molecule has 0 saturated carbocycles. The Hall–Kier alpha value is -1.71. The number of anilines is 2. The summed E-state index contributed by atoms with van der Waals surface area (Å²) in [5.41, 5.74) is 2.18. The number of para-hydroxylation sites is 2. The van der Waals surface area contributed by atoms with Crippen LogP contribution < -0.4 is 10.2 Å². The number of benzene rings is 1. The van der Waals surface area contributed by atoms with E-state index in [2.05, 4.69) is 10.2 Å². The van der Waals surface area contributed by atoms with E-state index in [1.165, 1.54) is 0 Å². The van der Waals surface area contributed by atoms with Crippen molar-refractivity contribution in [3.63, 3.8) is 0 Å². The molecule has 98 valence electrons. The van der Waals surface area contributed by atoms with Gasteiger partial charge in [0.05, 0.1) is 18.0 Å². The van der Waals surface area contributed by atoms with Crippen LogP contribution >= 0.6 is 0 Å². The molecule has 0 fully saturated rings. The van der Waals surface area contributed by atoms with Gasteiger partial charge in [-0.1, -0.05) is 19.1 Å². The van der Waals surface area contributed by atoms with E-state index in [9.17, 15) is 4.79 Å². The Bertz CT molecular complexity index is 420. The molecule has 1 aliphatic heterocycles. The van der Waals surface area contributed by atoms with Crippen LogP contribution in [0.15, 0.2) is 24.3 Å². The van der Waals surface area contributed by atoms with Crippen LogP contribution in [-0.2, 0) is 9.53 Å². The minimum absolute atomic E-state index is 0.128. The zero-order chi connectivity index (χ0) is 13.0. The molecule has 1 aromatic rings. The average Bonchev–Trinajstić information content (AvgIpc) is 2.40. The lowest BCUT2D eigenvalue weighted by atomic mass is 10.1. The van der Waals surface area contributed by atoms with Crippen LogP contribution in [0, 0.1) is 0 Å². The second-order valence-electron chi connectivity index (χ2n) is 4.31. The fourth-order valence-electron chi connectivity index (χ4n) is 2.38. The first-order valence-corrected chi connectivity index (χ1v) is 6.54. The van der Waals surface area contributed by atoms with E-state index in [4.69, 9.17) is 4.74 Å². The van der Waals surface area contributed by atoms with Crippen LogP contribution in [0.2, 0.25) is 0 Å². The summed E-state index contributed by atoms with van der Waals surface area (Å²) in [4.78, 5) is 14.1. The predicted octanol–water partition coefficient (Wildman–Crippen LogP) is 2.26. The molecule has 1 aliphatic rings. The summed E-state index contributed by atoms with van der Waals surface area (Å²) in [5.74, 6) is -0.128. The monoisotopic (exact) mass is 248 g/mol. The van der Waals surface area contributed by atoms with E-state index >= 15 is 0 Å². The molecule has 0 saturated heterocycles. The molecule has 0 bridgehead atoms. The summed E-state index contributed by atoms with van der Waals surface area (Å²) in [6.45, 7) is 5.98. The normalized spacial score (nSPS) is 15.6. The van der Waals surface area contributed by atoms with Crippen molar-refractivity contribution in [2.75, 3.05) is 29.9 Å². The molecule has 4 heteroatoms. The van der Waals surface area contributed by atoms with E-state index < -0.39 is 0 Å². The topological polar surface area (TPSA) is 41.6 Å². The lowest BCUT2D eigenvalue weighted by Gasteiger charge is -2.36. The van der Waals surface area contributed by atoms with E-state index in [1.807, 2.05) is 38.1 Å². The Morgan fingerprint density at radius 3 is 2.94 bits per heavy atom. The number of nitrogens with zero attached hydrogens (tertiary/aromatic N) is 1. The van der Waals surface area contributed by atoms with E-state index in [1.54, 1.807) is 0 Å². The lowest BCUT2D eigenvalue weighted by Crippen LogP contribution is -2.46. The third-order valence-electron chi connectivity index (χ3n) is 3.20. The Labute approximate surface area is 108 Å². The molecule has 1 atom stereocenters. The SMILES string of the molecule is CCOC(=O)C(CC)N1CCNc2ccccc21. The van der Waals surface area contributed by atoms with Crippen molar-refractivity contribution in [3.05, 3.63) is 24.3 Å². The molecule has 0 spiro atoms. The number of ether oxygens (including phenoxy) is 1. The van der Waals surface area contributed by atoms with Crippen LogP contribution in [0.25, 0.3) is 0 Å². The van der Waals surface area contributed by atoms with Crippen LogP contribution in [-0.4, -0.2) is 31.7 Å². The predicted molar refractivity (Wildman–Crippen MR) is 73.0 cm³/mol. The third kappa shape index (κ3) is 2.42. The van der Waals surface area contributed by atoms with Crippen molar-refractivity contribution in [2.24, 2.45) is 0 Å². The van der Waals surface area contributed by atoms with Gasteiger partial charge in [0.25, 0.3) is 0 Å². The molecule has 18 heavy (non-hydrogen) atoms. The first-order chi connectivity index (χ1) is 8.77. The summed E-state index contributed by atoms with van der Waals surface area (Å²) in [6.07, 6.45) is 0.757. The highest BCUT2D eigenvalue weighted by molar-refractivity contribution is 5.83. The summed E-state index contributed by atoms with van der Waals surface area (Å²) in [5, 5.41) is 3.35. The zero-order valence-electron chi connectivity index (χ0n) is 11.0. The van der Waals surface area contributed by atoms with Gasteiger partial charge >= 0.3 is 5.97 Å². The molecule has 1 N–H and O–H groups in total. The molecular weight excluding hydrogens is 228 g/mol. The zero-order valence-corrected chi connectivity index (χ0v) is 11.0. The molecule has 0 radical (unpaired) electrons. The van der Waals surface area contributed by atoms with Crippen LogP contribution in [0.3, 0.4) is 0 Å². The highest BCUT2D eigenvalue weighted by Gasteiger charge is 2.28. The van der Waals surface area contributed by atoms with Crippen molar-refractivity contribution in [1.82, 2.24) is 0 Å². The van der Waals surface area contributed by atoms with Gasteiger partial charge in [0.2, 0.25) is 0 Å². The maximum atomic E-state index is 12.0. The minimum Gasteiger partial charge on any atom is -0.464 e. The number of carbonyl (C=O) groups is 1. The second-order valence-corrected chi connectivity index (χ2v) is 4.31. The standard InChI is InChI=1S/C14H20N2O2/c1-3-12(14(17)18-4-2)16-10-9-15-11-7-5-6-8-13(11)16/h5-8,12,15H,3-4,9-10H2,1-2H3. The average molecular weight is 248 g/mol. The van der Waals surface area contributed by atoms with Gasteiger partial charge in [-0.15, -0.1) is 0 Å². The first kappa shape index (κ1) is 12.7. The fraction of sp³-hybridized carbons (Fsp3) is 0.500. The van der Waals surface area contributed by atoms with Gasteiger partial charge in [0.15, 0.2) is 0 Å². The maximum Gasteiger partial charge on any atom is 0.328 e. The molecule has 1 unspecified atom stereocenters. The van der Waals surface area contributed by atoms with Gasteiger partial charge in [0.1, 0.15) is 6.04 Å². The number of fused-ring (bicyclic) bond motifs is 1. The molecule has 0 aromatic heterocycles. The quantitative estimate of drug-likeness (QED) is 0.830. The third-order valence-corrected chi connectivity index (χ3v) is 3.20. The molecule has 4 nitrogen and oxygen atoms in total. The van der Waals surface area contributed by atoms with Crippen LogP contribution in [0.1, 0.15) is 20.3 Å². The van der Waals surface area contributed by atoms with Gasteiger partial charge in [-0.25, -0.2) is 4.79 Å². The van der Waals surface area contributed by atoms with Gasteiger partial charge in [0, 0.05) is 13.1 Å². The van der Waals surface area contributed by atoms with Crippen molar-refractivity contribution < 1.29 is 9.53 Å². The molecule has 0 aliphatic carbocycles. The number of nitrogens with one attached hydrogen (secondary N) is 1. The fourth-order valence-corrected chi connectivity index (χ4v) is 2.38. The van der Waals surface area contributed by atoms with Gasteiger partial charge in [-0.05, 0) is 25.5 Å². The Morgan fingerprint density at radius 1 is 1.44 bits per heavy atom. The van der Waals surface area contributed by atoms with Crippen molar-refractivity contribution in [1.29, 1.82) is 0 Å². The van der Waals surface area contributed by atoms with Gasteiger partial charge in [-0.3, -0.25) is 0 Å². The van der Waals surface area contributed by atoms with E-state index in [0.717, 1.165) is 30.9 Å². The smallest absolute Gasteiger partial charge is 0.328 e. The highest BCUT2D eigenvalue weighted by atomic mass is 16.5. The maximum absolute atomic E-state index is 12.0. The number of rotatable bonds is 4. The van der Waals surface area contributed by atoms with E-state index in [-0.39, 0.29) is 12.0 Å². The summed E-state index contributed by atoms with van der Waals surface area (Å²) in [6, 6.07) is 7.90. The molecule has 1 heterocycles.